The third kappa shape index (κ3) is 4.78. The van der Waals surface area contributed by atoms with E-state index in [2.05, 4.69) is 17.9 Å². The van der Waals surface area contributed by atoms with E-state index >= 15 is 0 Å². The predicted octanol–water partition coefficient (Wildman–Crippen LogP) is 2.77. The fourth-order valence-corrected chi connectivity index (χ4v) is 4.18. The van der Waals surface area contributed by atoms with Crippen LogP contribution in [0.1, 0.15) is 39.0 Å². The Morgan fingerprint density at radius 2 is 1.68 bits per heavy atom. The molecule has 0 atom stereocenters. The molecule has 0 aliphatic carbocycles. The van der Waals surface area contributed by atoms with E-state index in [4.69, 9.17) is 4.74 Å². The summed E-state index contributed by atoms with van der Waals surface area (Å²) in [5.74, 6) is 1.45. The van der Waals surface area contributed by atoms with Crippen molar-refractivity contribution >= 4 is 17.5 Å². The Labute approximate surface area is 168 Å². The van der Waals surface area contributed by atoms with E-state index in [1.54, 1.807) is 7.11 Å². The second-order valence-corrected chi connectivity index (χ2v) is 7.74. The molecule has 0 saturated carbocycles. The second kappa shape index (κ2) is 9.80. The molecule has 1 aromatic carbocycles. The molecule has 0 unspecified atom stereocenters. The van der Waals surface area contributed by atoms with Gasteiger partial charge in [0.2, 0.25) is 11.8 Å². The topological polar surface area (TPSA) is 53.1 Å². The van der Waals surface area contributed by atoms with Crippen LogP contribution < -0.4 is 9.64 Å². The van der Waals surface area contributed by atoms with Crippen LogP contribution in [0.5, 0.6) is 5.75 Å². The van der Waals surface area contributed by atoms with E-state index in [9.17, 15) is 9.59 Å². The number of hydrogen-bond acceptors (Lipinski definition) is 4. The molecule has 0 N–H and O–H groups in total. The van der Waals surface area contributed by atoms with E-state index in [0.717, 1.165) is 76.4 Å². The van der Waals surface area contributed by atoms with E-state index in [0.29, 0.717) is 6.42 Å². The molecule has 2 aliphatic rings. The summed E-state index contributed by atoms with van der Waals surface area (Å²) in [5, 5.41) is 0. The number of amides is 2. The minimum Gasteiger partial charge on any atom is -0.495 e. The number of hydrogen-bond donors (Lipinski definition) is 0. The number of ether oxygens (including phenoxy) is 1. The van der Waals surface area contributed by atoms with Crippen molar-refractivity contribution in [2.45, 2.75) is 39.0 Å². The summed E-state index contributed by atoms with van der Waals surface area (Å²) in [6.07, 6.45) is 4.22. The molecular weight excluding hydrogens is 354 g/mol. The molecule has 154 valence electrons. The van der Waals surface area contributed by atoms with Crippen LogP contribution in [-0.4, -0.2) is 68.0 Å². The van der Waals surface area contributed by atoms with Gasteiger partial charge in [0.05, 0.1) is 12.8 Å². The fraction of sp³-hybridized carbons (Fsp3) is 0.636. The molecule has 3 rings (SSSR count). The van der Waals surface area contributed by atoms with E-state index < -0.39 is 0 Å². The van der Waals surface area contributed by atoms with Gasteiger partial charge in [0.1, 0.15) is 5.75 Å². The zero-order valence-corrected chi connectivity index (χ0v) is 17.2. The zero-order chi connectivity index (χ0) is 19.9. The summed E-state index contributed by atoms with van der Waals surface area (Å²) >= 11 is 0. The number of piperidine rings is 1. The van der Waals surface area contributed by atoms with Gasteiger partial charge in [-0.3, -0.25) is 9.59 Å². The first-order valence-electron chi connectivity index (χ1n) is 10.6. The molecule has 2 aliphatic heterocycles. The number of likely N-dealkylation sites (tertiary alicyclic amines) is 1. The Morgan fingerprint density at radius 3 is 2.32 bits per heavy atom. The Kier molecular flexibility index (Phi) is 7.18. The number of carbonyl (C=O) groups excluding carboxylic acids is 2. The summed E-state index contributed by atoms with van der Waals surface area (Å²) in [6.45, 7) is 6.67. The number of carbonyl (C=O) groups is 2. The van der Waals surface area contributed by atoms with Crippen LogP contribution in [-0.2, 0) is 9.59 Å². The number of benzene rings is 1. The summed E-state index contributed by atoms with van der Waals surface area (Å²) in [5.41, 5.74) is 1.09. The van der Waals surface area contributed by atoms with Gasteiger partial charge in [-0.05, 0) is 31.4 Å². The SMILES string of the molecule is CCCCC(=O)N1CCC(C(=O)N2CCN(c3ccccc3OC)CC2)CC1. The fourth-order valence-electron chi connectivity index (χ4n) is 4.18. The van der Waals surface area contributed by atoms with Crippen molar-refractivity contribution in [1.29, 1.82) is 0 Å². The Balaban J connectivity index is 1.47. The number of methoxy groups -OCH3 is 1. The minimum absolute atomic E-state index is 0.0630. The van der Waals surface area contributed by atoms with Crippen molar-refractivity contribution in [2.75, 3.05) is 51.3 Å². The van der Waals surface area contributed by atoms with Crippen LogP contribution in [0, 0.1) is 5.92 Å². The molecule has 2 fully saturated rings. The Morgan fingerprint density at radius 1 is 1.00 bits per heavy atom. The van der Waals surface area contributed by atoms with E-state index in [-0.39, 0.29) is 17.7 Å². The highest BCUT2D eigenvalue weighted by atomic mass is 16.5. The number of anilines is 1. The number of nitrogens with zero attached hydrogens (tertiary/aromatic N) is 3. The third-order valence-corrected chi connectivity index (χ3v) is 5.96. The summed E-state index contributed by atoms with van der Waals surface area (Å²) in [6, 6.07) is 8.04. The Hall–Kier alpha value is -2.24. The van der Waals surface area contributed by atoms with Crippen molar-refractivity contribution in [3.05, 3.63) is 24.3 Å². The van der Waals surface area contributed by atoms with Crippen LogP contribution in [0.15, 0.2) is 24.3 Å². The number of piperazine rings is 1. The molecule has 1 aromatic rings. The predicted molar refractivity (Wildman–Crippen MR) is 111 cm³/mol. The highest BCUT2D eigenvalue weighted by Crippen LogP contribution is 2.29. The number of rotatable bonds is 6. The monoisotopic (exact) mass is 387 g/mol. The van der Waals surface area contributed by atoms with Gasteiger partial charge in [0, 0.05) is 51.6 Å². The highest BCUT2D eigenvalue weighted by Gasteiger charge is 2.31. The molecule has 2 saturated heterocycles. The van der Waals surface area contributed by atoms with Gasteiger partial charge in [-0.1, -0.05) is 25.5 Å². The highest BCUT2D eigenvalue weighted by molar-refractivity contribution is 5.80. The van der Waals surface area contributed by atoms with E-state index in [1.165, 1.54) is 0 Å². The van der Waals surface area contributed by atoms with Gasteiger partial charge in [-0.15, -0.1) is 0 Å². The van der Waals surface area contributed by atoms with Crippen LogP contribution in [0.25, 0.3) is 0 Å². The molecule has 2 amide bonds. The van der Waals surface area contributed by atoms with Crippen molar-refractivity contribution in [3.8, 4) is 5.75 Å². The maximum Gasteiger partial charge on any atom is 0.225 e. The maximum atomic E-state index is 12.9. The summed E-state index contributed by atoms with van der Waals surface area (Å²) in [7, 11) is 1.69. The second-order valence-electron chi connectivity index (χ2n) is 7.74. The van der Waals surface area contributed by atoms with Crippen molar-refractivity contribution in [1.82, 2.24) is 9.80 Å². The van der Waals surface area contributed by atoms with Crippen LogP contribution in [0.3, 0.4) is 0 Å². The van der Waals surface area contributed by atoms with Crippen molar-refractivity contribution < 1.29 is 14.3 Å². The largest absolute Gasteiger partial charge is 0.495 e. The van der Waals surface area contributed by atoms with Crippen LogP contribution in [0.2, 0.25) is 0 Å². The van der Waals surface area contributed by atoms with Gasteiger partial charge in [-0.25, -0.2) is 0 Å². The van der Waals surface area contributed by atoms with E-state index in [1.807, 2.05) is 28.0 Å². The smallest absolute Gasteiger partial charge is 0.225 e. The van der Waals surface area contributed by atoms with Crippen molar-refractivity contribution in [2.24, 2.45) is 5.92 Å². The molecule has 2 heterocycles. The first-order chi connectivity index (χ1) is 13.6. The van der Waals surface area contributed by atoms with Gasteiger partial charge in [-0.2, -0.15) is 0 Å². The van der Waals surface area contributed by atoms with Gasteiger partial charge < -0.3 is 19.4 Å². The summed E-state index contributed by atoms with van der Waals surface area (Å²) < 4.78 is 5.47. The standard InChI is InChI=1S/C22H33N3O3/c1-3-4-9-21(26)24-12-10-18(11-13-24)22(27)25-16-14-23(15-17-25)19-7-5-6-8-20(19)28-2/h5-8,18H,3-4,9-17H2,1-2H3. The first-order valence-corrected chi connectivity index (χ1v) is 10.6. The normalized spacial score (nSPS) is 18.3. The van der Waals surface area contributed by atoms with Gasteiger partial charge >= 0.3 is 0 Å². The maximum absolute atomic E-state index is 12.9. The lowest BCUT2D eigenvalue weighted by atomic mass is 9.94. The Bertz CT molecular complexity index is 663. The molecule has 0 spiro atoms. The molecule has 0 aromatic heterocycles. The molecular formula is C22H33N3O3. The van der Waals surface area contributed by atoms with Crippen molar-refractivity contribution in [3.63, 3.8) is 0 Å². The molecule has 6 heteroatoms. The number of unbranched alkanes of at least 4 members (excludes halogenated alkanes) is 1. The van der Waals surface area contributed by atoms with Gasteiger partial charge in [0.15, 0.2) is 0 Å². The third-order valence-electron chi connectivity index (χ3n) is 5.96. The summed E-state index contributed by atoms with van der Waals surface area (Å²) in [4.78, 5) is 31.4. The average molecular weight is 388 g/mol. The lowest BCUT2D eigenvalue weighted by Gasteiger charge is -2.39. The van der Waals surface area contributed by atoms with Gasteiger partial charge in [0.25, 0.3) is 0 Å². The molecule has 0 radical (unpaired) electrons. The lowest BCUT2D eigenvalue weighted by Crippen LogP contribution is -2.52. The molecule has 6 nitrogen and oxygen atoms in total. The molecule has 0 bridgehead atoms. The quantitative estimate of drug-likeness (QED) is 0.753. The average Bonchev–Trinajstić information content (AvgIpc) is 2.77. The van der Waals surface area contributed by atoms with Crippen LogP contribution >= 0.6 is 0 Å². The zero-order valence-electron chi connectivity index (χ0n) is 17.2. The van der Waals surface area contributed by atoms with Crippen LogP contribution in [0.4, 0.5) is 5.69 Å². The minimum atomic E-state index is 0.0630. The lowest BCUT2D eigenvalue weighted by molar-refractivity contribution is -0.141. The number of para-hydroxylation sites is 2. The first kappa shape index (κ1) is 20.5. The molecule has 28 heavy (non-hydrogen) atoms.